The molecule has 0 aliphatic carbocycles. The van der Waals surface area contributed by atoms with Crippen LogP contribution in [-0.4, -0.2) is 30.1 Å². The molecule has 2 amide bonds. The van der Waals surface area contributed by atoms with Gasteiger partial charge in [-0.2, -0.15) is 0 Å². The number of anilines is 1. The van der Waals surface area contributed by atoms with Crippen molar-refractivity contribution in [1.82, 2.24) is 5.32 Å². The van der Waals surface area contributed by atoms with Crippen molar-refractivity contribution in [3.63, 3.8) is 0 Å². The van der Waals surface area contributed by atoms with E-state index in [1.54, 1.807) is 30.3 Å². The van der Waals surface area contributed by atoms with E-state index >= 15 is 0 Å². The molecular formula is C22H20N2O3. The fourth-order valence-corrected chi connectivity index (χ4v) is 2.76. The molecule has 5 nitrogen and oxygen atoms in total. The summed E-state index contributed by atoms with van der Waals surface area (Å²) in [4.78, 5) is 24.8. The predicted molar refractivity (Wildman–Crippen MR) is 106 cm³/mol. The maximum Gasteiger partial charge on any atom is 0.256 e. The van der Waals surface area contributed by atoms with Gasteiger partial charge in [0, 0.05) is 23.4 Å². The van der Waals surface area contributed by atoms with Crippen LogP contribution in [-0.2, 0) is 0 Å². The summed E-state index contributed by atoms with van der Waals surface area (Å²) in [5.74, 6) is -0.549. The molecular weight excluding hydrogens is 340 g/mol. The topological polar surface area (TPSA) is 78.4 Å². The molecule has 0 aliphatic rings. The molecule has 0 aliphatic heterocycles. The molecule has 0 aromatic heterocycles. The minimum Gasteiger partial charge on any atom is -0.395 e. The maximum absolute atomic E-state index is 12.8. The van der Waals surface area contributed by atoms with Crippen molar-refractivity contribution in [2.45, 2.75) is 0 Å². The number of hydrogen-bond acceptors (Lipinski definition) is 3. The lowest BCUT2D eigenvalue weighted by Crippen LogP contribution is -2.26. The van der Waals surface area contributed by atoms with E-state index in [9.17, 15) is 9.59 Å². The number of hydrogen-bond donors (Lipinski definition) is 3. The SMILES string of the molecule is O=C(NCCO)c1cccc(NC(=O)c2ccccc2-c2ccccc2)c1. The van der Waals surface area contributed by atoms with E-state index in [0.717, 1.165) is 11.1 Å². The molecule has 3 aromatic carbocycles. The Kier molecular flexibility index (Phi) is 5.97. The Hall–Kier alpha value is -3.44. The molecule has 27 heavy (non-hydrogen) atoms. The van der Waals surface area contributed by atoms with Crippen LogP contribution in [0.5, 0.6) is 0 Å². The molecule has 5 heteroatoms. The molecule has 3 N–H and O–H groups in total. The zero-order valence-electron chi connectivity index (χ0n) is 14.7. The fraction of sp³-hybridized carbons (Fsp3) is 0.0909. The van der Waals surface area contributed by atoms with Gasteiger partial charge in [-0.3, -0.25) is 9.59 Å². The first-order chi connectivity index (χ1) is 13.2. The van der Waals surface area contributed by atoms with E-state index in [4.69, 9.17) is 5.11 Å². The highest BCUT2D eigenvalue weighted by Crippen LogP contribution is 2.24. The number of carbonyl (C=O) groups is 2. The largest absolute Gasteiger partial charge is 0.395 e. The second kappa shape index (κ2) is 8.78. The summed E-state index contributed by atoms with van der Waals surface area (Å²) in [6.45, 7) is 0.0539. The highest BCUT2D eigenvalue weighted by molar-refractivity contribution is 6.09. The molecule has 0 fully saturated rings. The Morgan fingerprint density at radius 2 is 1.56 bits per heavy atom. The molecule has 0 saturated carbocycles. The first kappa shape index (κ1) is 18.4. The normalized spacial score (nSPS) is 10.3. The number of aliphatic hydroxyl groups excluding tert-OH is 1. The maximum atomic E-state index is 12.8. The van der Waals surface area contributed by atoms with Gasteiger partial charge in [-0.15, -0.1) is 0 Å². The van der Waals surface area contributed by atoms with Crippen LogP contribution in [0.3, 0.4) is 0 Å². The summed E-state index contributed by atoms with van der Waals surface area (Å²) in [6.07, 6.45) is 0. The van der Waals surface area contributed by atoms with E-state index in [0.29, 0.717) is 16.8 Å². The van der Waals surface area contributed by atoms with E-state index in [1.165, 1.54) is 0 Å². The van der Waals surface area contributed by atoms with E-state index in [-0.39, 0.29) is 25.0 Å². The van der Waals surface area contributed by atoms with Crippen LogP contribution in [0.1, 0.15) is 20.7 Å². The molecule has 0 atom stereocenters. The third-order valence-electron chi connectivity index (χ3n) is 4.04. The van der Waals surface area contributed by atoms with Gasteiger partial charge >= 0.3 is 0 Å². The van der Waals surface area contributed by atoms with Gasteiger partial charge < -0.3 is 15.7 Å². The lowest BCUT2D eigenvalue weighted by atomic mass is 9.99. The van der Waals surface area contributed by atoms with Gasteiger partial charge in [0.2, 0.25) is 0 Å². The van der Waals surface area contributed by atoms with Crippen molar-refractivity contribution in [3.05, 3.63) is 90.0 Å². The van der Waals surface area contributed by atoms with Crippen LogP contribution >= 0.6 is 0 Å². The van der Waals surface area contributed by atoms with Crippen LogP contribution in [0.2, 0.25) is 0 Å². The van der Waals surface area contributed by atoms with Crippen LogP contribution < -0.4 is 10.6 Å². The van der Waals surface area contributed by atoms with Gasteiger partial charge in [-0.25, -0.2) is 0 Å². The molecule has 136 valence electrons. The Morgan fingerprint density at radius 3 is 2.33 bits per heavy atom. The van der Waals surface area contributed by atoms with Crippen LogP contribution in [0.4, 0.5) is 5.69 Å². The summed E-state index contributed by atoms with van der Waals surface area (Å²) in [6, 6.07) is 23.8. The van der Waals surface area contributed by atoms with Crippen LogP contribution in [0.15, 0.2) is 78.9 Å². The van der Waals surface area contributed by atoms with Crippen molar-refractivity contribution in [2.75, 3.05) is 18.5 Å². The van der Waals surface area contributed by atoms with E-state index in [1.807, 2.05) is 48.5 Å². The lowest BCUT2D eigenvalue weighted by Gasteiger charge is -2.11. The average Bonchev–Trinajstić information content (AvgIpc) is 2.72. The Balaban J connectivity index is 1.82. The monoisotopic (exact) mass is 360 g/mol. The van der Waals surface area contributed by atoms with E-state index in [2.05, 4.69) is 10.6 Å². The molecule has 0 spiro atoms. The van der Waals surface area contributed by atoms with Gasteiger partial charge in [-0.05, 0) is 35.4 Å². The van der Waals surface area contributed by atoms with Crippen molar-refractivity contribution < 1.29 is 14.7 Å². The summed E-state index contributed by atoms with van der Waals surface area (Å²) in [7, 11) is 0. The van der Waals surface area contributed by atoms with Crippen LogP contribution in [0, 0.1) is 0 Å². The number of carbonyl (C=O) groups excluding carboxylic acids is 2. The zero-order chi connectivity index (χ0) is 19.1. The molecule has 3 aromatic rings. The number of aliphatic hydroxyl groups is 1. The first-order valence-electron chi connectivity index (χ1n) is 8.64. The second-order valence-corrected chi connectivity index (χ2v) is 5.93. The van der Waals surface area contributed by atoms with Crippen molar-refractivity contribution in [3.8, 4) is 11.1 Å². The highest BCUT2D eigenvalue weighted by Gasteiger charge is 2.13. The third-order valence-corrected chi connectivity index (χ3v) is 4.04. The molecule has 0 heterocycles. The Bertz CT molecular complexity index is 939. The zero-order valence-corrected chi connectivity index (χ0v) is 14.7. The standard InChI is InChI=1S/C22H20N2O3/c25-14-13-23-21(26)17-9-6-10-18(15-17)24-22(27)20-12-5-4-11-19(20)16-7-2-1-3-8-16/h1-12,15,25H,13-14H2,(H,23,26)(H,24,27). The third kappa shape index (κ3) is 4.59. The first-order valence-corrected chi connectivity index (χ1v) is 8.64. The predicted octanol–water partition coefficient (Wildman–Crippen LogP) is 3.33. The Labute approximate surface area is 157 Å². The van der Waals surface area contributed by atoms with Gasteiger partial charge in [0.1, 0.15) is 0 Å². The molecule has 3 rings (SSSR count). The van der Waals surface area contributed by atoms with Crippen molar-refractivity contribution in [2.24, 2.45) is 0 Å². The van der Waals surface area contributed by atoms with Crippen molar-refractivity contribution in [1.29, 1.82) is 0 Å². The smallest absolute Gasteiger partial charge is 0.256 e. The van der Waals surface area contributed by atoms with Gasteiger partial charge in [0.05, 0.1) is 6.61 Å². The summed E-state index contributed by atoms with van der Waals surface area (Å²) in [5, 5.41) is 14.3. The molecule has 0 unspecified atom stereocenters. The van der Waals surface area contributed by atoms with Crippen LogP contribution in [0.25, 0.3) is 11.1 Å². The fourth-order valence-electron chi connectivity index (χ4n) is 2.76. The minimum absolute atomic E-state index is 0.127. The summed E-state index contributed by atoms with van der Waals surface area (Å²) < 4.78 is 0. The number of benzene rings is 3. The van der Waals surface area contributed by atoms with Gasteiger partial charge in [-0.1, -0.05) is 54.6 Å². The molecule has 0 saturated heterocycles. The number of nitrogens with one attached hydrogen (secondary N) is 2. The van der Waals surface area contributed by atoms with Crippen molar-refractivity contribution >= 4 is 17.5 Å². The summed E-state index contributed by atoms with van der Waals surface area (Å²) in [5.41, 5.74) is 3.30. The molecule has 0 radical (unpaired) electrons. The summed E-state index contributed by atoms with van der Waals surface area (Å²) >= 11 is 0. The second-order valence-electron chi connectivity index (χ2n) is 5.93. The molecule has 0 bridgehead atoms. The number of rotatable bonds is 6. The quantitative estimate of drug-likeness (QED) is 0.631. The van der Waals surface area contributed by atoms with Gasteiger partial charge in [0.25, 0.3) is 11.8 Å². The van der Waals surface area contributed by atoms with Gasteiger partial charge in [0.15, 0.2) is 0 Å². The highest BCUT2D eigenvalue weighted by atomic mass is 16.3. The Morgan fingerprint density at radius 1 is 0.815 bits per heavy atom. The van der Waals surface area contributed by atoms with E-state index < -0.39 is 0 Å². The lowest BCUT2D eigenvalue weighted by molar-refractivity contribution is 0.0943. The average molecular weight is 360 g/mol. The minimum atomic E-state index is -0.301. The number of amides is 2.